The van der Waals surface area contributed by atoms with Crippen molar-refractivity contribution < 1.29 is 14.7 Å². The third-order valence-electron chi connectivity index (χ3n) is 1.19. The molecule has 1 amide bonds. The number of amides is 1. The molecule has 1 atom stereocenters. The Morgan fingerprint density at radius 2 is 2.00 bits per heavy atom. The molecule has 0 aliphatic carbocycles. The number of nitrogens with two attached hydrogens (primary N) is 2. The van der Waals surface area contributed by atoms with Gasteiger partial charge in [-0.05, 0) is 6.42 Å². The SMILES string of the molecule is CCC#N.NC(=O)C(N)CCC(=O)O. The van der Waals surface area contributed by atoms with E-state index < -0.39 is 17.9 Å². The Morgan fingerprint density at radius 1 is 1.57 bits per heavy atom. The molecule has 0 bridgehead atoms. The van der Waals surface area contributed by atoms with Gasteiger partial charge in [-0.25, -0.2) is 0 Å². The fourth-order valence-electron chi connectivity index (χ4n) is 0.421. The van der Waals surface area contributed by atoms with Crippen LogP contribution in [0, 0.1) is 11.3 Å². The van der Waals surface area contributed by atoms with E-state index in [0.29, 0.717) is 6.42 Å². The zero-order chi connectivity index (χ0) is 11.6. The van der Waals surface area contributed by atoms with Crippen LogP contribution in [0.2, 0.25) is 0 Å². The normalized spacial score (nSPS) is 10.4. The summed E-state index contributed by atoms with van der Waals surface area (Å²) in [5.74, 6) is -1.64. The van der Waals surface area contributed by atoms with Gasteiger partial charge in [-0.15, -0.1) is 0 Å². The van der Waals surface area contributed by atoms with E-state index in [9.17, 15) is 9.59 Å². The first-order valence-electron chi connectivity index (χ1n) is 4.09. The largest absolute Gasteiger partial charge is 0.481 e. The highest BCUT2D eigenvalue weighted by atomic mass is 16.4. The van der Waals surface area contributed by atoms with Crippen molar-refractivity contribution >= 4 is 11.9 Å². The summed E-state index contributed by atoms with van der Waals surface area (Å²) in [6.07, 6.45) is 0.606. The summed E-state index contributed by atoms with van der Waals surface area (Å²) in [5.41, 5.74) is 9.89. The number of hydrogen-bond acceptors (Lipinski definition) is 4. The minimum absolute atomic E-state index is 0.102. The number of nitriles is 1. The highest BCUT2D eigenvalue weighted by Crippen LogP contribution is 1.92. The lowest BCUT2D eigenvalue weighted by Crippen LogP contribution is -2.36. The molecule has 80 valence electrons. The molecular formula is C8H15N3O3. The molecule has 0 radical (unpaired) electrons. The molecule has 0 heterocycles. The number of rotatable bonds is 4. The second-order valence-corrected chi connectivity index (χ2v) is 2.45. The van der Waals surface area contributed by atoms with Gasteiger partial charge in [0.25, 0.3) is 0 Å². The van der Waals surface area contributed by atoms with E-state index in [1.807, 2.05) is 13.0 Å². The van der Waals surface area contributed by atoms with Gasteiger partial charge in [0.05, 0.1) is 12.1 Å². The molecule has 0 saturated carbocycles. The lowest BCUT2D eigenvalue weighted by molar-refractivity contribution is -0.137. The van der Waals surface area contributed by atoms with Crippen molar-refractivity contribution in [2.45, 2.75) is 32.2 Å². The fraction of sp³-hybridized carbons (Fsp3) is 0.625. The van der Waals surface area contributed by atoms with Crippen LogP contribution in [0.5, 0.6) is 0 Å². The molecule has 0 aromatic heterocycles. The minimum Gasteiger partial charge on any atom is -0.481 e. The lowest BCUT2D eigenvalue weighted by Gasteiger charge is -2.02. The van der Waals surface area contributed by atoms with Crippen LogP contribution >= 0.6 is 0 Å². The second-order valence-electron chi connectivity index (χ2n) is 2.45. The van der Waals surface area contributed by atoms with E-state index in [0.717, 1.165) is 0 Å². The summed E-state index contributed by atoms with van der Waals surface area (Å²) in [6.45, 7) is 1.82. The van der Waals surface area contributed by atoms with Gasteiger partial charge in [0, 0.05) is 12.8 Å². The number of aliphatic carboxylic acids is 1. The van der Waals surface area contributed by atoms with Crippen LogP contribution in [0.4, 0.5) is 0 Å². The lowest BCUT2D eigenvalue weighted by atomic mass is 10.1. The molecule has 5 N–H and O–H groups in total. The van der Waals surface area contributed by atoms with Gasteiger partial charge in [-0.2, -0.15) is 5.26 Å². The molecule has 0 saturated heterocycles. The first-order valence-corrected chi connectivity index (χ1v) is 4.09. The molecular weight excluding hydrogens is 186 g/mol. The van der Waals surface area contributed by atoms with E-state index in [-0.39, 0.29) is 12.8 Å². The standard InChI is InChI=1S/C5H10N2O3.C3H5N/c6-3(5(7)10)1-2-4(8)9;1-2-3-4/h3H,1-2,6H2,(H2,7,10)(H,8,9);2H2,1H3. The summed E-state index contributed by atoms with van der Waals surface area (Å²) < 4.78 is 0. The maximum atomic E-state index is 10.2. The molecule has 0 aliphatic heterocycles. The average Bonchev–Trinajstić information content (AvgIpc) is 2.14. The summed E-state index contributed by atoms with van der Waals surface area (Å²) in [5, 5.41) is 15.8. The molecule has 0 aromatic rings. The van der Waals surface area contributed by atoms with Gasteiger partial charge in [-0.1, -0.05) is 6.92 Å². The van der Waals surface area contributed by atoms with Crippen molar-refractivity contribution in [3.05, 3.63) is 0 Å². The van der Waals surface area contributed by atoms with Crippen molar-refractivity contribution in [3.8, 4) is 6.07 Å². The van der Waals surface area contributed by atoms with E-state index in [4.69, 9.17) is 21.8 Å². The number of carboxylic acid groups (broad SMARTS) is 1. The van der Waals surface area contributed by atoms with E-state index >= 15 is 0 Å². The van der Waals surface area contributed by atoms with Crippen molar-refractivity contribution in [1.29, 1.82) is 5.26 Å². The molecule has 0 fully saturated rings. The van der Waals surface area contributed by atoms with Crippen LogP contribution in [0.3, 0.4) is 0 Å². The third-order valence-corrected chi connectivity index (χ3v) is 1.19. The van der Waals surface area contributed by atoms with Crippen molar-refractivity contribution in [3.63, 3.8) is 0 Å². The zero-order valence-electron chi connectivity index (χ0n) is 8.06. The van der Waals surface area contributed by atoms with Gasteiger partial charge in [0.2, 0.25) is 5.91 Å². The topological polar surface area (TPSA) is 130 Å². The summed E-state index contributed by atoms with van der Waals surface area (Å²) in [4.78, 5) is 20.1. The zero-order valence-corrected chi connectivity index (χ0v) is 8.06. The molecule has 0 spiro atoms. The molecule has 1 unspecified atom stereocenters. The number of carboxylic acids is 1. The number of nitrogens with zero attached hydrogens (tertiary/aromatic N) is 1. The Hall–Kier alpha value is -1.61. The smallest absolute Gasteiger partial charge is 0.303 e. The van der Waals surface area contributed by atoms with Crippen LogP contribution in [-0.2, 0) is 9.59 Å². The van der Waals surface area contributed by atoms with Crippen molar-refractivity contribution in [2.24, 2.45) is 11.5 Å². The van der Waals surface area contributed by atoms with Gasteiger partial charge in [0.15, 0.2) is 0 Å². The molecule has 0 aliphatic rings. The minimum atomic E-state index is -0.975. The molecule has 14 heavy (non-hydrogen) atoms. The van der Waals surface area contributed by atoms with Crippen LogP contribution in [-0.4, -0.2) is 23.0 Å². The summed E-state index contributed by atoms with van der Waals surface area (Å²) in [6, 6.07) is 1.09. The maximum absolute atomic E-state index is 10.2. The second kappa shape index (κ2) is 9.48. The first kappa shape index (κ1) is 14.9. The monoisotopic (exact) mass is 201 g/mol. The molecule has 0 rings (SSSR count). The molecule has 6 heteroatoms. The Morgan fingerprint density at radius 3 is 2.21 bits per heavy atom. The Bertz CT molecular complexity index is 222. The van der Waals surface area contributed by atoms with E-state index in [2.05, 4.69) is 0 Å². The van der Waals surface area contributed by atoms with Gasteiger partial charge in [-0.3, -0.25) is 9.59 Å². The fourth-order valence-corrected chi connectivity index (χ4v) is 0.421. The Balaban J connectivity index is 0. The number of primary amides is 1. The predicted octanol–water partition coefficient (Wildman–Crippen LogP) is -0.416. The van der Waals surface area contributed by atoms with Crippen molar-refractivity contribution in [2.75, 3.05) is 0 Å². The highest BCUT2D eigenvalue weighted by Gasteiger charge is 2.10. The van der Waals surface area contributed by atoms with Crippen LogP contribution < -0.4 is 11.5 Å². The van der Waals surface area contributed by atoms with Crippen LogP contribution in [0.15, 0.2) is 0 Å². The summed E-state index contributed by atoms with van der Waals surface area (Å²) >= 11 is 0. The molecule has 0 aromatic carbocycles. The van der Waals surface area contributed by atoms with Crippen LogP contribution in [0.25, 0.3) is 0 Å². The average molecular weight is 201 g/mol. The number of carbonyl (C=O) groups excluding carboxylic acids is 1. The van der Waals surface area contributed by atoms with Crippen molar-refractivity contribution in [1.82, 2.24) is 0 Å². The first-order chi connectivity index (χ1) is 6.45. The number of carbonyl (C=O) groups is 2. The van der Waals surface area contributed by atoms with E-state index in [1.54, 1.807) is 0 Å². The predicted molar refractivity (Wildman–Crippen MR) is 49.9 cm³/mol. The van der Waals surface area contributed by atoms with Crippen LogP contribution in [0.1, 0.15) is 26.2 Å². The maximum Gasteiger partial charge on any atom is 0.303 e. The van der Waals surface area contributed by atoms with Gasteiger partial charge in [0.1, 0.15) is 0 Å². The van der Waals surface area contributed by atoms with Gasteiger partial charge >= 0.3 is 5.97 Å². The Labute approximate surface area is 82.5 Å². The summed E-state index contributed by atoms with van der Waals surface area (Å²) in [7, 11) is 0. The highest BCUT2D eigenvalue weighted by molar-refractivity contribution is 5.80. The quantitative estimate of drug-likeness (QED) is 0.568. The molecule has 6 nitrogen and oxygen atoms in total. The Kier molecular flexibility index (Phi) is 10.1. The van der Waals surface area contributed by atoms with Gasteiger partial charge < -0.3 is 16.6 Å². The van der Waals surface area contributed by atoms with E-state index in [1.165, 1.54) is 0 Å². The number of hydrogen-bond donors (Lipinski definition) is 3. The third kappa shape index (κ3) is 13.0.